The molecular weight excluding hydrogens is 212 g/mol. The zero-order valence-corrected chi connectivity index (χ0v) is 8.78. The van der Waals surface area contributed by atoms with Crippen molar-refractivity contribution in [1.29, 1.82) is 0 Å². The maximum Gasteiger partial charge on any atom is 0.354 e. The highest BCUT2D eigenvalue weighted by atomic mass is 32.1. The van der Waals surface area contributed by atoms with E-state index >= 15 is 0 Å². The molecule has 2 aromatic heterocycles. The number of hydrogen-bond acceptors (Lipinski definition) is 4. The van der Waals surface area contributed by atoms with Crippen molar-refractivity contribution in [3.05, 3.63) is 35.0 Å². The van der Waals surface area contributed by atoms with Crippen molar-refractivity contribution in [3.63, 3.8) is 0 Å². The molecule has 0 amide bonds. The van der Waals surface area contributed by atoms with Gasteiger partial charge in [0.2, 0.25) is 0 Å². The number of thiophene rings is 1. The van der Waals surface area contributed by atoms with Crippen LogP contribution in [0.3, 0.4) is 0 Å². The molecule has 0 fully saturated rings. The molecule has 2 aromatic rings. The number of rotatable bonds is 2. The number of carboxylic acid groups (broad SMARTS) is 1. The van der Waals surface area contributed by atoms with E-state index < -0.39 is 5.97 Å². The summed E-state index contributed by atoms with van der Waals surface area (Å²) < 4.78 is 0. The standard InChI is InChI=1S/C10H8N2O2S/c1-6-2-3-8(15-6)9-11-5-4-7(12-9)10(13)14/h2-5H,1H3,(H,13,14). The van der Waals surface area contributed by atoms with Crippen LogP contribution < -0.4 is 0 Å². The van der Waals surface area contributed by atoms with Crippen molar-refractivity contribution < 1.29 is 9.90 Å². The van der Waals surface area contributed by atoms with Gasteiger partial charge in [-0.1, -0.05) is 0 Å². The highest BCUT2D eigenvalue weighted by Gasteiger charge is 2.08. The Morgan fingerprint density at radius 2 is 2.20 bits per heavy atom. The summed E-state index contributed by atoms with van der Waals surface area (Å²) in [6, 6.07) is 5.23. The first-order valence-corrected chi connectivity index (χ1v) is 5.11. The van der Waals surface area contributed by atoms with E-state index in [1.54, 1.807) is 11.3 Å². The number of aryl methyl sites for hydroxylation is 1. The Labute approximate surface area is 90.3 Å². The first-order chi connectivity index (χ1) is 7.16. The van der Waals surface area contributed by atoms with Gasteiger partial charge < -0.3 is 5.11 Å². The van der Waals surface area contributed by atoms with Gasteiger partial charge in [-0.2, -0.15) is 0 Å². The lowest BCUT2D eigenvalue weighted by Gasteiger charge is -1.96. The van der Waals surface area contributed by atoms with E-state index in [2.05, 4.69) is 9.97 Å². The number of carboxylic acids is 1. The lowest BCUT2D eigenvalue weighted by Crippen LogP contribution is -2.01. The normalized spacial score (nSPS) is 10.2. The van der Waals surface area contributed by atoms with E-state index in [9.17, 15) is 4.79 Å². The zero-order valence-electron chi connectivity index (χ0n) is 7.97. The molecule has 0 aliphatic heterocycles. The second kappa shape index (κ2) is 3.78. The highest BCUT2D eigenvalue weighted by molar-refractivity contribution is 7.15. The minimum absolute atomic E-state index is 0.0195. The maximum atomic E-state index is 10.7. The van der Waals surface area contributed by atoms with E-state index in [1.807, 2.05) is 19.1 Å². The van der Waals surface area contributed by atoms with Crippen molar-refractivity contribution >= 4 is 17.3 Å². The summed E-state index contributed by atoms with van der Waals surface area (Å²) in [4.78, 5) is 20.7. The van der Waals surface area contributed by atoms with Gasteiger partial charge in [0.1, 0.15) is 0 Å². The van der Waals surface area contributed by atoms with E-state index in [0.717, 1.165) is 9.75 Å². The lowest BCUT2D eigenvalue weighted by molar-refractivity contribution is 0.0690. The van der Waals surface area contributed by atoms with Gasteiger partial charge in [-0.15, -0.1) is 11.3 Å². The molecule has 76 valence electrons. The zero-order chi connectivity index (χ0) is 10.8. The largest absolute Gasteiger partial charge is 0.477 e. The Hall–Kier alpha value is -1.75. The molecule has 0 aliphatic rings. The Morgan fingerprint density at radius 1 is 1.40 bits per heavy atom. The Bertz CT molecular complexity index is 508. The van der Waals surface area contributed by atoms with Gasteiger partial charge in [0.15, 0.2) is 11.5 Å². The Kier molecular flexibility index (Phi) is 2.47. The van der Waals surface area contributed by atoms with Crippen LogP contribution in [0.4, 0.5) is 0 Å². The molecule has 0 aliphatic carbocycles. The van der Waals surface area contributed by atoms with Crippen LogP contribution in [0.25, 0.3) is 10.7 Å². The second-order valence-electron chi connectivity index (χ2n) is 2.98. The average molecular weight is 220 g/mol. The average Bonchev–Trinajstić information content (AvgIpc) is 2.65. The van der Waals surface area contributed by atoms with Gasteiger partial charge in [0, 0.05) is 11.1 Å². The minimum Gasteiger partial charge on any atom is -0.477 e. The summed E-state index contributed by atoms with van der Waals surface area (Å²) >= 11 is 1.54. The third-order valence-electron chi connectivity index (χ3n) is 1.84. The summed E-state index contributed by atoms with van der Waals surface area (Å²) in [5.41, 5.74) is 0.0195. The molecule has 0 aromatic carbocycles. The van der Waals surface area contributed by atoms with Crippen LogP contribution in [0.1, 0.15) is 15.4 Å². The summed E-state index contributed by atoms with van der Waals surface area (Å²) in [5.74, 6) is -0.570. The van der Waals surface area contributed by atoms with Crippen LogP contribution in [-0.4, -0.2) is 21.0 Å². The molecule has 15 heavy (non-hydrogen) atoms. The predicted octanol–water partition coefficient (Wildman–Crippen LogP) is 2.21. The van der Waals surface area contributed by atoms with Crippen LogP contribution in [0.2, 0.25) is 0 Å². The van der Waals surface area contributed by atoms with Crippen LogP contribution >= 0.6 is 11.3 Å². The molecule has 0 radical (unpaired) electrons. The molecule has 1 N–H and O–H groups in total. The molecule has 2 rings (SSSR count). The number of aromatic nitrogens is 2. The van der Waals surface area contributed by atoms with Crippen LogP contribution in [0.5, 0.6) is 0 Å². The summed E-state index contributed by atoms with van der Waals surface area (Å²) in [6.07, 6.45) is 1.46. The maximum absolute atomic E-state index is 10.7. The fourth-order valence-electron chi connectivity index (χ4n) is 1.15. The Balaban J connectivity index is 2.45. The molecule has 2 heterocycles. The fourth-order valence-corrected chi connectivity index (χ4v) is 1.96. The SMILES string of the molecule is Cc1ccc(-c2nccc(C(=O)O)n2)s1. The van der Waals surface area contributed by atoms with Crippen LogP contribution in [0, 0.1) is 6.92 Å². The number of aromatic carboxylic acids is 1. The van der Waals surface area contributed by atoms with Crippen LogP contribution in [0.15, 0.2) is 24.4 Å². The van der Waals surface area contributed by atoms with Crippen LogP contribution in [-0.2, 0) is 0 Å². The molecule has 0 saturated carbocycles. The van der Waals surface area contributed by atoms with Gasteiger partial charge in [0.25, 0.3) is 0 Å². The van der Waals surface area contributed by atoms with E-state index in [-0.39, 0.29) is 5.69 Å². The van der Waals surface area contributed by atoms with Crippen molar-refractivity contribution in [2.24, 2.45) is 0 Å². The first kappa shape index (κ1) is 9.79. The minimum atomic E-state index is -1.04. The van der Waals surface area contributed by atoms with Gasteiger partial charge in [-0.05, 0) is 25.1 Å². The molecule has 0 unspecified atom stereocenters. The number of nitrogens with zero attached hydrogens (tertiary/aromatic N) is 2. The predicted molar refractivity (Wildman–Crippen MR) is 57.0 cm³/mol. The molecule has 0 spiro atoms. The van der Waals surface area contributed by atoms with E-state index in [4.69, 9.17) is 5.11 Å². The molecule has 5 heteroatoms. The highest BCUT2D eigenvalue weighted by Crippen LogP contribution is 2.24. The van der Waals surface area contributed by atoms with Gasteiger partial charge in [-0.25, -0.2) is 14.8 Å². The van der Waals surface area contributed by atoms with Crippen molar-refractivity contribution in [1.82, 2.24) is 9.97 Å². The molecular formula is C10H8N2O2S. The van der Waals surface area contributed by atoms with Gasteiger partial charge in [0.05, 0.1) is 4.88 Å². The van der Waals surface area contributed by atoms with Gasteiger partial charge >= 0.3 is 5.97 Å². The monoisotopic (exact) mass is 220 g/mol. The summed E-state index contributed by atoms with van der Waals surface area (Å²) in [5, 5.41) is 8.77. The Morgan fingerprint density at radius 3 is 2.80 bits per heavy atom. The fraction of sp³-hybridized carbons (Fsp3) is 0.100. The molecule has 0 saturated heterocycles. The summed E-state index contributed by atoms with van der Waals surface area (Å²) in [6.45, 7) is 1.98. The van der Waals surface area contributed by atoms with E-state index in [0.29, 0.717) is 5.82 Å². The molecule has 4 nitrogen and oxygen atoms in total. The number of carbonyl (C=O) groups is 1. The molecule has 0 atom stereocenters. The summed E-state index contributed by atoms with van der Waals surface area (Å²) in [7, 11) is 0. The van der Waals surface area contributed by atoms with Crippen molar-refractivity contribution in [3.8, 4) is 10.7 Å². The third kappa shape index (κ3) is 2.02. The quantitative estimate of drug-likeness (QED) is 0.842. The molecule has 0 bridgehead atoms. The van der Waals surface area contributed by atoms with Gasteiger partial charge in [-0.3, -0.25) is 0 Å². The lowest BCUT2D eigenvalue weighted by atomic mass is 10.3. The number of hydrogen-bond donors (Lipinski definition) is 1. The van der Waals surface area contributed by atoms with Crippen molar-refractivity contribution in [2.75, 3.05) is 0 Å². The van der Waals surface area contributed by atoms with Crippen molar-refractivity contribution in [2.45, 2.75) is 6.92 Å². The smallest absolute Gasteiger partial charge is 0.354 e. The first-order valence-electron chi connectivity index (χ1n) is 4.30. The topological polar surface area (TPSA) is 63.1 Å². The second-order valence-corrected chi connectivity index (χ2v) is 4.27. The van der Waals surface area contributed by atoms with E-state index in [1.165, 1.54) is 12.3 Å². The third-order valence-corrected chi connectivity index (χ3v) is 2.83.